The summed E-state index contributed by atoms with van der Waals surface area (Å²) in [6, 6.07) is 14.2. The predicted octanol–water partition coefficient (Wildman–Crippen LogP) is 3.85. The minimum Gasteiger partial charge on any atom is -0.493 e. The van der Waals surface area contributed by atoms with Crippen LogP contribution in [0, 0.1) is 0 Å². The number of halogens is 2. The highest BCUT2D eigenvalue weighted by Gasteiger charge is 2.10. The molecular weight excluding hydrogens is 392 g/mol. The molecule has 6 nitrogen and oxygen atoms in total. The van der Waals surface area contributed by atoms with Gasteiger partial charge < -0.3 is 14.8 Å². The third kappa shape index (κ3) is 5.91. The first-order valence-electron chi connectivity index (χ1n) is 9.23. The molecule has 0 bridgehead atoms. The number of alkyl halides is 2. The number of hydrogen-bond acceptors (Lipinski definition) is 4. The Morgan fingerprint density at radius 1 is 1.20 bits per heavy atom. The van der Waals surface area contributed by atoms with Crippen molar-refractivity contribution in [2.75, 3.05) is 13.7 Å². The van der Waals surface area contributed by atoms with Gasteiger partial charge in [0.05, 0.1) is 12.8 Å². The summed E-state index contributed by atoms with van der Waals surface area (Å²) in [5, 5.41) is 6.99. The molecule has 0 aliphatic heterocycles. The molecule has 0 aliphatic carbocycles. The number of nitrogens with one attached hydrogen (secondary N) is 1. The predicted molar refractivity (Wildman–Crippen MR) is 109 cm³/mol. The maximum absolute atomic E-state index is 12.4. The van der Waals surface area contributed by atoms with Gasteiger partial charge in [0.25, 0.3) is 0 Å². The SMILES string of the molecule is COc1cc(/C=C/C(=O)NCCc2ccc(-n3cccn3)cc2)ccc1OC(F)F. The summed E-state index contributed by atoms with van der Waals surface area (Å²) < 4.78 is 35.9. The molecule has 0 atom stereocenters. The molecule has 30 heavy (non-hydrogen) atoms. The van der Waals surface area contributed by atoms with Crippen LogP contribution in [0.2, 0.25) is 0 Å². The van der Waals surface area contributed by atoms with E-state index >= 15 is 0 Å². The van der Waals surface area contributed by atoms with E-state index in [4.69, 9.17) is 4.74 Å². The summed E-state index contributed by atoms with van der Waals surface area (Å²) in [5.74, 6) is -0.154. The van der Waals surface area contributed by atoms with Gasteiger partial charge in [0.2, 0.25) is 5.91 Å². The van der Waals surface area contributed by atoms with Gasteiger partial charge in [-0.3, -0.25) is 4.79 Å². The van der Waals surface area contributed by atoms with E-state index < -0.39 is 6.61 Å². The molecule has 0 unspecified atom stereocenters. The van der Waals surface area contributed by atoms with Crippen LogP contribution in [0.25, 0.3) is 11.8 Å². The molecule has 156 valence electrons. The molecule has 3 rings (SSSR count). The van der Waals surface area contributed by atoms with E-state index in [0.717, 1.165) is 11.3 Å². The van der Waals surface area contributed by atoms with Crippen molar-refractivity contribution in [2.24, 2.45) is 0 Å². The average Bonchev–Trinajstić information content (AvgIpc) is 3.28. The van der Waals surface area contributed by atoms with Gasteiger partial charge >= 0.3 is 6.61 Å². The largest absolute Gasteiger partial charge is 0.493 e. The van der Waals surface area contributed by atoms with Crippen molar-refractivity contribution in [1.29, 1.82) is 0 Å². The molecule has 1 N–H and O–H groups in total. The lowest BCUT2D eigenvalue weighted by Crippen LogP contribution is -2.23. The van der Waals surface area contributed by atoms with E-state index in [0.29, 0.717) is 18.5 Å². The van der Waals surface area contributed by atoms with Crippen molar-refractivity contribution >= 4 is 12.0 Å². The first-order valence-corrected chi connectivity index (χ1v) is 9.23. The molecule has 0 saturated heterocycles. The lowest BCUT2D eigenvalue weighted by atomic mass is 10.1. The number of hydrogen-bond donors (Lipinski definition) is 1. The summed E-state index contributed by atoms with van der Waals surface area (Å²) >= 11 is 0. The summed E-state index contributed by atoms with van der Waals surface area (Å²) in [6.45, 7) is -2.46. The molecule has 1 aromatic heterocycles. The van der Waals surface area contributed by atoms with Gasteiger partial charge in [-0.25, -0.2) is 4.68 Å². The van der Waals surface area contributed by atoms with Gasteiger partial charge in [-0.1, -0.05) is 18.2 Å². The zero-order valence-electron chi connectivity index (χ0n) is 16.3. The van der Waals surface area contributed by atoms with Gasteiger partial charge in [-0.2, -0.15) is 13.9 Å². The summed E-state index contributed by atoms with van der Waals surface area (Å²) in [4.78, 5) is 12.0. The molecule has 1 amide bonds. The molecule has 3 aromatic rings. The summed E-state index contributed by atoms with van der Waals surface area (Å²) in [5.41, 5.74) is 2.68. The highest BCUT2D eigenvalue weighted by atomic mass is 19.3. The number of ether oxygens (including phenoxy) is 2. The van der Waals surface area contributed by atoms with E-state index in [-0.39, 0.29) is 17.4 Å². The maximum Gasteiger partial charge on any atom is 0.387 e. The number of rotatable bonds is 9. The highest BCUT2D eigenvalue weighted by Crippen LogP contribution is 2.29. The number of amides is 1. The van der Waals surface area contributed by atoms with Crippen LogP contribution in [-0.2, 0) is 11.2 Å². The Kier molecular flexibility index (Phi) is 7.15. The highest BCUT2D eigenvalue weighted by molar-refractivity contribution is 5.91. The average molecular weight is 413 g/mol. The van der Waals surface area contributed by atoms with E-state index in [1.54, 1.807) is 23.0 Å². The molecule has 1 heterocycles. The van der Waals surface area contributed by atoms with Gasteiger partial charge in [0.1, 0.15) is 0 Å². The van der Waals surface area contributed by atoms with E-state index in [1.165, 1.54) is 25.3 Å². The number of aromatic nitrogens is 2. The van der Waals surface area contributed by atoms with Crippen LogP contribution in [0.4, 0.5) is 8.78 Å². The lowest BCUT2D eigenvalue weighted by Gasteiger charge is -2.10. The minimum absolute atomic E-state index is 0.0623. The third-order valence-corrected chi connectivity index (χ3v) is 4.25. The van der Waals surface area contributed by atoms with Crippen molar-refractivity contribution in [3.8, 4) is 17.2 Å². The van der Waals surface area contributed by atoms with Crippen LogP contribution in [0.5, 0.6) is 11.5 Å². The monoisotopic (exact) mass is 413 g/mol. The van der Waals surface area contributed by atoms with Gasteiger partial charge in [-0.05, 0) is 54.0 Å². The number of benzene rings is 2. The minimum atomic E-state index is -2.94. The Hall–Kier alpha value is -3.68. The Bertz CT molecular complexity index is 987. The number of nitrogens with zero attached hydrogens (tertiary/aromatic N) is 2. The normalized spacial score (nSPS) is 11.1. The van der Waals surface area contributed by atoms with Crippen LogP contribution in [-0.4, -0.2) is 36.0 Å². The molecule has 8 heteroatoms. The van der Waals surface area contributed by atoms with Gasteiger partial charge in [0, 0.05) is 25.0 Å². The van der Waals surface area contributed by atoms with E-state index in [1.807, 2.05) is 36.5 Å². The smallest absolute Gasteiger partial charge is 0.387 e. The fraction of sp³-hybridized carbons (Fsp3) is 0.182. The second kappa shape index (κ2) is 10.2. The van der Waals surface area contributed by atoms with Gasteiger partial charge in [0.15, 0.2) is 11.5 Å². The standard InChI is InChI=1S/C22H21F2N3O3/c1-29-20-15-17(5-9-19(20)30-22(23)24)6-10-21(28)25-13-11-16-3-7-18(8-4-16)27-14-2-12-26-27/h2-10,12,14-15,22H,11,13H2,1H3,(H,25,28)/b10-6+. The quantitative estimate of drug-likeness (QED) is 0.541. The molecule has 0 fully saturated rings. The Balaban J connectivity index is 1.49. The second-order valence-corrected chi connectivity index (χ2v) is 6.28. The Morgan fingerprint density at radius 3 is 2.67 bits per heavy atom. The first kappa shape index (κ1) is 21.0. The van der Waals surface area contributed by atoms with Crippen molar-refractivity contribution in [2.45, 2.75) is 13.0 Å². The Morgan fingerprint density at radius 2 is 2.00 bits per heavy atom. The second-order valence-electron chi connectivity index (χ2n) is 6.28. The van der Waals surface area contributed by atoms with Crippen molar-refractivity contribution in [3.05, 3.63) is 78.1 Å². The third-order valence-electron chi connectivity index (χ3n) is 4.25. The molecule has 2 aromatic carbocycles. The van der Waals surface area contributed by atoms with E-state index in [9.17, 15) is 13.6 Å². The topological polar surface area (TPSA) is 65.4 Å². The van der Waals surface area contributed by atoms with Crippen LogP contribution < -0.4 is 14.8 Å². The fourth-order valence-corrected chi connectivity index (χ4v) is 2.78. The summed E-state index contributed by atoms with van der Waals surface area (Å²) in [6.07, 6.45) is 7.23. The van der Waals surface area contributed by atoms with Crippen LogP contribution >= 0.6 is 0 Å². The summed E-state index contributed by atoms with van der Waals surface area (Å²) in [7, 11) is 1.36. The maximum atomic E-state index is 12.4. The van der Waals surface area contributed by atoms with E-state index in [2.05, 4.69) is 15.2 Å². The molecular formula is C22H21F2N3O3. The molecule has 0 spiro atoms. The van der Waals surface area contributed by atoms with Crippen LogP contribution in [0.15, 0.2) is 67.0 Å². The van der Waals surface area contributed by atoms with Crippen molar-refractivity contribution < 1.29 is 23.0 Å². The van der Waals surface area contributed by atoms with Gasteiger partial charge in [-0.15, -0.1) is 0 Å². The van der Waals surface area contributed by atoms with Crippen molar-refractivity contribution in [1.82, 2.24) is 15.1 Å². The molecule has 0 aliphatic rings. The zero-order chi connectivity index (χ0) is 21.3. The first-order chi connectivity index (χ1) is 14.5. The Labute approximate surface area is 172 Å². The van der Waals surface area contributed by atoms with Crippen LogP contribution in [0.1, 0.15) is 11.1 Å². The lowest BCUT2D eigenvalue weighted by molar-refractivity contribution is -0.116. The number of methoxy groups -OCH3 is 1. The number of carbonyl (C=O) groups is 1. The number of carbonyl (C=O) groups excluding carboxylic acids is 1. The van der Waals surface area contributed by atoms with Crippen LogP contribution in [0.3, 0.4) is 0 Å². The molecule has 0 saturated carbocycles. The molecule has 0 radical (unpaired) electrons. The zero-order valence-corrected chi connectivity index (χ0v) is 16.3. The van der Waals surface area contributed by atoms with Crippen molar-refractivity contribution in [3.63, 3.8) is 0 Å². The fourth-order valence-electron chi connectivity index (χ4n) is 2.78.